The molecule has 2 N–H and O–H groups in total. The Morgan fingerprint density at radius 3 is 2.45 bits per heavy atom. The van der Waals surface area contributed by atoms with Gasteiger partial charge in [-0.2, -0.15) is 5.10 Å². The Bertz CT molecular complexity index is 1150. The molecule has 0 saturated carbocycles. The number of amidine groups is 1. The molecule has 9 nitrogen and oxygen atoms in total. The van der Waals surface area contributed by atoms with Gasteiger partial charge in [-0.3, -0.25) is 0 Å². The zero-order valence-electron chi connectivity index (χ0n) is 17.6. The van der Waals surface area contributed by atoms with E-state index in [9.17, 15) is 8.42 Å². The molecule has 2 heterocycles. The number of sulfone groups is 1. The van der Waals surface area contributed by atoms with Crippen LogP contribution in [-0.4, -0.2) is 48.5 Å². The van der Waals surface area contributed by atoms with Gasteiger partial charge in [0.05, 0.1) is 17.2 Å². The smallest absolute Gasteiger partial charge is 0.175 e. The molecular formula is C21H25N5O4S. The minimum Gasteiger partial charge on any atom is -0.493 e. The SMILES string of the molecule is Cc1cc(C)n(-c2ccc(/C(N)=N/OCCCOc3ccc(S(C)(=O)=O)cc3)cn2)n1. The third-order valence-electron chi connectivity index (χ3n) is 4.33. The molecule has 3 aromatic rings. The predicted molar refractivity (Wildman–Crippen MR) is 117 cm³/mol. The molecule has 0 fully saturated rings. The van der Waals surface area contributed by atoms with Gasteiger partial charge in [0, 0.05) is 30.1 Å². The number of aromatic nitrogens is 3. The number of hydrogen-bond acceptors (Lipinski definition) is 7. The van der Waals surface area contributed by atoms with Gasteiger partial charge in [0.2, 0.25) is 0 Å². The number of nitrogens with zero attached hydrogens (tertiary/aromatic N) is 4. The zero-order chi connectivity index (χ0) is 22.4. The van der Waals surface area contributed by atoms with E-state index in [4.69, 9.17) is 15.3 Å². The number of oxime groups is 1. The molecule has 0 aliphatic rings. The van der Waals surface area contributed by atoms with Crippen LogP contribution in [0.4, 0.5) is 0 Å². The Kier molecular flexibility index (Phi) is 6.91. The number of rotatable bonds is 9. The van der Waals surface area contributed by atoms with Crippen molar-refractivity contribution < 1.29 is 18.0 Å². The average Bonchev–Trinajstić information content (AvgIpc) is 3.08. The van der Waals surface area contributed by atoms with Crippen LogP contribution in [-0.2, 0) is 14.7 Å². The fraction of sp³-hybridized carbons (Fsp3) is 0.286. The summed E-state index contributed by atoms with van der Waals surface area (Å²) < 4.78 is 30.2. The van der Waals surface area contributed by atoms with Gasteiger partial charge >= 0.3 is 0 Å². The lowest BCUT2D eigenvalue weighted by Crippen LogP contribution is -2.15. The van der Waals surface area contributed by atoms with Crippen molar-refractivity contribution in [2.75, 3.05) is 19.5 Å². The zero-order valence-corrected chi connectivity index (χ0v) is 18.5. The number of nitrogens with two attached hydrogens (primary N) is 1. The van der Waals surface area contributed by atoms with Crippen LogP contribution in [0.3, 0.4) is 0 Å². The van der Waals surface area contributed by atoms with Gasteiger partial charge in [-0.15, -0.1) is 0 Å². The van der Waals surface area contributed by atoms with Gasteiger partial charge in [-0.25, -0.2) is 18.1 Å². The first kappa shape index (κ1) is 22.3. The summed E-state index contributed by atoms with van der Waals surface area (Å²) in [6.07, 6.45) is 3.37. The van der Waals surface area contributed by atoms with E-state index in [0.717, 1.165) is 17.6 Å². The summed E-state index contributed by atoms with van der Waals surface area (Å²) in [6.45, 7) is 4.61. The van der Waals surface area contributed by atoms with Gasteiger partial charge in [-0.05, 0) is 56.3 Å². The average molecular weight is 444 g/mol. The number of ether oxygens (including phenoxy) is 1. The Morgan fingerprint density at radius 1 is 1.13 bits per heavy atom. The highest BCUT2D eigenvalue weighted by Gasteiger charge is 2.07. The van der Waals surface area contributed by atoms with E-state index in [1.807, 2.05) is 32.0 Å². The van der Waals surface area contributed by atoms with Crippen molar-refractivity contribution in [1.82, 2.24) is 14.8 Å². The lowest BCUT2D eigenvalue weighted by molar-refractivity contribution is 0.127. The monoisotopic (exact) mass is 443 g/mol. The Labute approximate surface area is 181 Å². The van der Waals surface area contributed by atoms with Gasteiger partial charge in [-0.1, -0.05) is 5.16 Å². The molecule has 0 saturated heterocycles. The maximum Gasteiger partial charge on any atom is 0.175 e. The lowest BCUT2D eigenvalue weighted by atomic mass is 10.2. The van der Waals surface area contributed by atoms with Crippen LogP contribution < -0.4 is 10.5 Å². The van der Waals surface area contributed by atoms with Crippen molar-refractivity contribution in [3.05, 3.63) is 65.6 Å². The molecule has 31 heavy (non-hydrogen) atoms. The second-order valence-electron chi connectivity index (χ2n) is 7.00. The van der Waals surface area contributed by atoms with Crippen molar-refractivity contribution >= 4 is 15.7 Å². The molecule has 0 radical (unpaired) electrons. The second-order valence-corrected chi connectivity index (χ2v) is 9.02. The Morgan fingerprint density at radius 2 is 1.87 bits per heavy atom. The maximum atomic E-state index is 11.4. The van der Waals surface area contributed by atoms with Crippen molar-refractivity contribution in [2.45, 2.75) is 25.2 Å². The third-order valence-corrected chi connectivity index (χ3v) is 5.46. The first-order valence-electron chi connectivity index (χ1n) is 9.62. The molecule has 0 unspecified atom stereocenters. The molecule has 0 spiro atoms. The van der Waals surface area contributed by atoms with Crippen LogP contribution >= 0.6 is 0 Å². The number of aryl methyl sites for hydroxylation is 2. The number of hydrogen-bond donors (Lipinski definition) is 1. The molecule has 0 aliphatic heterocycles. The van der Waals surface area contributed by atoms with Gasteiger partial charge in [0.1, 0.15) is 12.4 Å². The second kappa shape index (κ2) is 9.61. The van der Waals surface area contributed by atoms with E-state index >= 15 is 0 Å². The topological polar surface area (TPSA) is 122 Å². The molecule has 2 aromatic heterocycles. The van der Waals surface area contributed by atoms with Crippen LogP contribution in [0.5, 0.6) is 5.75 Å². The van der Waals surface area contributed by atoms with E-state index < -0.39 is 9.84 Å². The van der Waals surface area contributed by atoms with Crippen LogP contribution in [0, 0.1) is 13.8 Å². The van der Waals surface area contributed by atoms with Crippen molar-refractivity contribution in [3.8, 4) is 11.6 Å². The fourth-order valence-electron chi connectivity index (χ4n) is 2.79. The highest BCUT2D eigenvalue weighted by molar-refractivity contribution is 7.90. The first-order valence-corrected chi connectivity index (χ1v) is 11.5. The van der Waals surface area contributed by atoms with Gasteiger partial charge in [0.15, 0.2) is 21.5 Å². The Balaban J connectivity index is 1.44. The van der Waals surface area contributed by atoms with Crippen LogP contribution in [0.1, 0.15) is 23.4 Å². The summed E-state index contributed by atoms with van der Waals surface area (Å²) in [5.74, 6) is 1.51. The van der Waals surface area contributed by atoms with E-state index in [1.165, 1.54) is 12.1 Å². The normalized spacial score (nSPS) is 12.0. The molecule has 1 aromatic carbocycles. The molecule has 164 valence electrons. The lowest BCUT2D eigenvalue weighted by Gasteiger charge is -2.07. The standard InChI is InChI=1S/C21H25N5O4S/c1-15-13-16(2)26(24-15)20-10-5-17(14-23-20)21(22)25-30-12-4-11-29-18-6-8-19(9-7-18)31(3,27)28/h5-10,13-14H,4,11-12H2,1-3H3,(H2,22,25). The molecular weight excluding hydrogens is 418 g/mol. The van der Waals surface area contributed by atoms with Gasteiger partial charge < -0.3 is 15.3 Å². The Hall–Kier alpha value is -3.40. The molecule has 0 bridgehead atoms. The molecule has 0 amide bonds. The van der Waals surface area contributed by atoms with E-state index in [1.54, 1.807) is 23.0 Å². The summed E-state index contributed by atoms with van der Waals surface area (Å²) >= 11 is 0. The van der Waals surface area contributed by atoms with Gasteiger partial charge in [0.25, 0.3) is 0 Å². The summed E-state index contributed by atoms with van der Waals surface area (Å²) in [4.78, 5) is 9.89. The molecule has 10 heteroatoms. The number of benzene rings is 1. The summed E-state index contributed by atoms with van der Waals surface area (Å²) in [6, 6.07) is 11.9. The van der Waals surface area contributed by atoms with Crippen molar-refractivity contribution in [2.24, 2.45) is 10.9 Å². The predicted octanol–water partition coefficient (Wildman–Crippen LogP) is 2.39. The largest absolute Gasteiger partial charge is 0.493 e. The fourth-order valence-corrected chi connectivity index (χ4v) is 3.42. The van der Waals surface area contributed by atoms with Crippen LogP contribution in [0.25, 0.3) is 5.82 Å². The van der Waals surface area contributed by atoms with Crippen LogP contribution in [0.15, 0.2) is 58.7 Å². The van der Waals surface area contributed by atoms with Crippen molar-refractivity contribution in [3.63, 3.8) is 0 Å². The minimum atomic E-state index is -3.21. The van der Waals surface area contributed by atoms with E-state index in [0.29, 0.717) is 36.8 Å². The highest BCUT2D eigenvalue weighted by atomic mass is 32.2. The van der Waals surface area contributed by atoms with Crippen LogP contribution in [0.2, 0.25) is 0 Å². The maximum absolute atomic E-state index is 11.4. The summed E-state index contributed by atoms with van der Waals surface area (Å²) in [5.41, 5.74) is 8.52. The highest BCUT2D eigenvalue weighted by Crippen LogP contribution is 2.16. The number of pyridine rings is 1. The molecule has 0 atom stereocenters. The third kappa shape index (κ3) is 6.05. The molecule has 0 aliphatic carbocycles. The summed E-state index contributed by atoms with van der Waals surface area (Å²) in [7, 11) is -3.21. The minimum absolute atomic E-state index is 0.227. The quantitative estimate of drug-likeness (QED) is 0.233. The van der Waals surface area contributed by atoms with E-state index in [2.05, 4.69) is 15.2 Å². The van der Waals surface area contributed by atoms with E-state index in [-0.39, 0.29) is 10.7 Å². The first-order chi connectivity index (χ1) is 14.7. The summed E-state index contributed by atoms with van der Waals surface area (Å²) in [5, 5.41) is 8.31. The van der Waals surface area contributed by atoms with Crippen molar-refractivity contribution in [1.29, 1.82) is 0 Å². The molecule has 3 rings (SSSR count).